The third kappa shape index (κ3) is 3.21. The van der Waals surface area contributed by atoms with Crippen LogP contribution in [0.5, 0.6) is 0 Å². The highest BCUT2D eigenvalue weighted by atomic mass is 19.1. The van der Waals surface area contributed by atoms with E-state index in [0.717, 1.165) is 5.56 Å². The van der Waals surface area contributed by atoms with Gasteiger partial charge in [0.05, 0.1) is 17.7 Å². The number of halogens is 1. The summed E-state index contributed by atoms with van der Waals surface area (Å²) in [6.45, 7) is 6.76. The van der Waals surface area contributed by atoms with E-state index >= 15 is 0 Å². The zero-order chi connectivity index (χ0) is 13.7. The molecule has 18 heavy (non-hydrogen) atoms. The summed E-state index contributed by atoms with van der Waals surface area (Å²) in [5.41, 5.74) is 7.19. The Labute approximate surface area is 108 Å². The van der Waals surface area contributed by atoms with Crippen LogP contribution in [0.3, 0.4) is 0 Å². The molecular weight excluding hydrogens is 229 g/mol. The second-order valence-corrected chi connectivity index (χ2v) is 4.54. The molecule has 1 rings (SSSR count). The minimum atomic E-state index is -0.281. The van der Waals surface area contributed by atoms with E-state index in [2.05, 4.69) is 6.07 Å². The molecule has 2 unspecified atom stereocenters. The highest BCUT2D eigenvalue weighted by Crippen LogP contribution is 2.28. The van der Waals surface area contributed by atoms with Crippen molar-refractivity contribution in [1.29, 1.82) is 5.26 Å². The average Bonchev–Trinajstić information content (AvgIpc) is 2.35. The standard InChI is InChI=1S/C14H20FN3/c1-4-18(9-10(2)8-16)14-12(11(3)17)6-5-7-13(14)15/h5-7,10-11H,4,9,17H2,1-3H3. The zero-order valence-corrected chi connectivity index (χ0v) is 11.2. The van der Waals surface area contributed by atoms with Crippen molar-refractivity contribution in [3.63, 3.8) is 0 Å². The lowest BCUT2D eigenvalue weighted by atomic mass is 10.0. The van der Waals surface area contributed by atoms with Crippen molar-refractivity contribution in [3.8, 4) is 6.07 Å². The first-order valence-corrected chi connectivity index (χ1v) is 6.19. The molecule has 0 saturated carbocycles. The van der Waals surface area contributed by atoms with Crippen LogP contribution in [0, 0.1) is 23.1 Å². The minimum absolute atomic E-state index is 0.148. The number of anilines is 1. The molecule has 1 aromatic carbocycles. The Bertz CT molecular complexity index is 437. The predicted octanol–water partition coefficient (Wildman–Crippen LogP) is 2.83. The maximum atomic E-state index is 14.0. The number of nitrogens with zero attached hydrogens (tertiary/aromatic N) is 2. The van der Waals surface area contributed by atoms with E-state index in [1.54, 1.807) is 6.07 Å². The Balaban J connectivity index is 3.16. The van der Waals surface area contributed by atoms with Crippen LogP contribution >= 0.6 is 0 Å². The maximum absolute atomic E-state index is 14.0. The highest BCUT2D eigenvalue weighted by Gasteiger charge is 2.18. The van der Waals surface area contributed by atoms with Crippen molar-refractivity contribution < 1.29 is 4.39 Å². The van der Waals surface area contributed by atoms with E-state index in [1.165, 1.54) is 6.07 Å². The van der Waals surface area contributed by atoms with Crippen LogP contribution in [0.4, 0.5) is 10.1 Å². The molecule has 0 aliphatic rings. The van der Waals surface area contributed by atoms with Gasteiger partial charge >= 0.3 is 0 Å². The van der Waals surface area contributed by atoms with E-state index in [1.807, 2.05) is 31.7 Å². The number of hydrogen-bond acceptors (Lipinski definition) is 3. The van der Waals surface area contributed by atoms with E-state index < -0.39 is 0 Å². The first kappa shape index (κ1) is 14.5. The van der Waals surface area contributed by atoms with Gasteiger partial charge in [-0.3, -0.25) is 0 Å². The lowest BCUT2D eigenvalue weighted by Crippen LogP contribution is -2.30. The van der Waals surface area contributed by atoms with Crippen molar-refractivity contribution in [2.24, 2.45) is 11.7 Å². The second kappa shape index (κ2) is 6.36. The van der Waals surface area contributed by atoms with E-state index in [0.29, 0.717) is 18.8 Å². The molecule has 0 spiro atoms. The Morgan fingerprint density at radius 2 is 2.11 bits per heavy atom. The summed E-state index contributed by atoms with van der Waals surface area (Å²) in [5, 5.41) is 8.88. The molecule has 1 aromatic rings. The van der Waals surface area contributed by atoms with Gasteiger partial charge < -0.3 is 10.6 Å². The van der Waals surface area contributed by atoms with Gasteiger partial charge in [0.2, 0.25) is 0 Å². The van der Waals surface area contributed by atoms with Crippen molar-refractivity contribution in [2.75, 3.05) is 18.0 Å². The van der Waals surface area contributed by atoms with Gasteiger partial charge in [-0.15, -0.1) is 0 Å². The fraction of sp³-hybridized carbons (Fsp3) is 0.500. The third-order valence-electron chi connectivity index (χ3n) is 2.92. The molecule has 98 valence electrons. The van der Waals surface area contributed by atoms with Gasteiger partial charge in [0.15, 0.2) is 0 Å². The molecule has 0 radical (unpaired) electrons. The fourth-order valence-corrected chi connectivity index (χ4v) is 1.98. The van der Waals surface area contributed by atoms with Crippen molar-refractivity contribution in [1.82, 2.24) is 0 Å². The summed E-state index contributed by atoms with van der Waals surface area (Å²) in [6, 6.07) is 6.87. The molecule has 4 heteroatoms. The zero-order valence-electron chi connectivity index (χ0n) is 11.2. The summed E-state index contributed by atoms with van der Waals surface area (Å²) in [4.78, 5) is 1.88. The Hall–Kier alpha value is -1.60. The van der Waals surface area contributed by atoms with Gasteiger partial charge in [-0.25, -0.2) is 4.39 Å². The quantitative estimate of drug-likeness (QED) is 0.873. The highest BCUT2D eigenvalue weighted by molar-refractivity contribution is 5.56. The summed E-state index contributed by atoms with van der Waals surface area (Å²) in [5.74, 6) is -0.428. The predicted molar refractivity (Wildman–Crippen MR) is 71.7 cm³/mol. The molecule has 0 heterocycles. The molecule has 2 N–H and O–H groups in total. The molecule has 2 atom stereocenters. The Kier molecular flexibility index (Phi) is 5.11. The fourth-order valence-electron chi connectivity index (χ4n) is 1.98. The number of nitrogens with two attached hydrogens (primary N) is 1. The molecule has 0 saturated heterocycles. The van der Waals surface area contributed by atoms with Crippen LogP contribution in [0.1, 0.15) is 32.4 Å². The monoisotopic (exact) mass is 249 g/mol. The molecule has 0 aliphatic carbocycles. The van der Waals surface area contributed by atoms with Gasteiger partial charge in [-0.2, -0.15) is 5.26 Å². The van der Waals surface area contributed by atoms with Gasteiger partial charge in [-0.05, 0) is 32.4 Å². The number of rotatable bonds is 5. The van der Waals surface area contributed by atoms with Crippen LogP contribution in [0.25, 0.3) is 0 Å². The van der Waals surface area contributed by atoms with Crippen LogP contribution < -0.4 is 10.6 Å². The van der Waals surface area contributed by atoms with E-state index in [4.69, 9.17) is 11.0 Å². The lowest BCUT2D eigenvalue weighted by molar-refractivity contribution is 0.600. The molecule has 0 fully saturated rings. The van der Waals surface area contributed by atoms with Gasteiger partial charge in [0, 0.05) is 19.1 Å². The minimum Gasteiger partial charge on any atom is -0.368 e. The van der Waals surface area contributed by atoms with E-state index in [9.17, 15) is 4.39 Å². The largest absolute Gasteiger partial charge is 0.368 e. The third-order valence-corrected chi connectivity index (χ3v) is 2.92. The normalized spacial score (nSPS) is 13.8. The maximum Gasteiger partial charge on any atom is 0.146 e. The number of hydrogen-bond donors (Lipinski definition) is 1. The summed E-state index contributed by atoms with van der Waals surface area (Å²) in [6.07, 6.45) is 0. The first-order chi connectivity index (χ1) is 8.51. The topological polar surface area (TPSA) is 53.0 Å². The number of nitriles is 1. The second-order valence-electron chi connectivity index (χ2n) is 4.54. The molecule has 0 aliphatic heterocycles. The van der Waals surface area contributed by atoms with Gasteiger partial charge in [0.1, 0.15) is 5.82 Å². The van der Waals surface area contributed by atoms with Crippen LogP contribution in [0.2, 0.25) is 0 Å². The van der Waals surface area contributed by atoms with Gasteiger partial charge in [0.25, 0.3) is 0 Å². The first-order valence-electron chi connectivity index (χ1n) is 6.19. The summed E-state index contributed by atoms with van der Waals surface area (Å²) in [7, 11) is 0. The molecular formula is C14H20FN3. The smallest absolute Gasteiger partial charge is 0.146 e. The molecule has 0 aromatic heterocycles. The summed E-state index contributed by atoms with van der Waals surface area (Å²) >= 11 is 0. The SMILES string of the molecule is CCN(CC(C)C#N)c1c(F)cccc1C(C)N. The van der Waals surface area contributed by atoms with Crippen LogP contribution in [-0.2, 0) is 0 Å². The van der Waals surface area contributed by atoms with Gasteiger partial charge in [-0.1, -0.05) is 12.1 Å². The Morgan fingerprint density at radius 3 is 2.61 bits per heavy atom. The number of para-hydroxylation sites is 1. The van der Waals surface area contributed by atoms with Crippen molar-refractivity contribution in [2.45, 2.75) is 26.8 Å². The molecule has 0 bridgehead atoms. The average molecular weight is 249 g/mol. The summed E-state index contributed by atoms with van der Waals surface area (Å²) < 4.78 is 14.0. The number of benzene rings is 1. The Morgan fingerprint density at radius 1 is 1.44 bits per heavy atom. The lowest BCUT2D eigenvalue weighted by Gasteiger charge is -2.28. The van der Waals surface area contributed by atoms with Crippen molar-refractivity contribution >= 4 is 5.69 Å². The molecule has 0 amide bonds. The van der Waals surface area contributed by atoms with Crippen LogP contribution in [0.15, 0.2) is 18.2 Å². The van der Waals surface area contributed by atoms with Crippen LogP contribution in [-0.4, -0.2) is 13.1 Å². The van der Waals surface area contributed by atoms with Crippen molar-refractivity contribution in [3.05, 3.63) is 29.6 Å². The van der Waals surface area contributed by atoms with E-state index in [-0.39, 0.29) is 17.8 Å². The molecule has 3 nitrogen and oxygen atoms in total.